The predicted molar refractivity (Wildman–Crippen MR) is 32.6 cm³/mol. The van der Waals surface area contributed by atoms with E-state index in [0.717, 1.165) is 12.3 Å². The van der Waals surface area contributed by atoms with E-state index in [2.05, 4.69) is 0 Å². The smallest absolute Gasteiger partial charge is 0.274 e. The number of aromatic nitrogens is 2. The number of hydrogen-bond acceptors (Lipinski definition) is 2. The molecule has 1 rings (SSSR count). The second-order valence-electron chi connectivity index (χ2n) is 1.80. The number of aromatic amines is 1. The Bertz CT molecular complexity index is 354. The molecule has 4 nitrogen and oxygen atoms in total. The lowest BCUT2D eigenvalue weighted by Crippen LogP contribution is -2.28. The highest BCUT2D eigenvalue weighted by Gasteiger charge is 2.05. The third-order valence-electron chi connectivity index (χ3n) is 1.06. The molecule has 11 heavy (non-hydrogen) atoms. The van der Waals surface area contributed by atoms with Gasteiger partial charge in [-0.3, -0.25) is 9.78 Å². The van der Waals surface area contributed by atoms with Crippen LogP contribution in [0.3, 0.4) is 0 Å². The molecule has 0 fully saturated rings. The van der Waals surface area contributed by atoms with Gasteiger partial charge in [0.25, 0.3) is 5.56 Å². The summed E-state index contributed by atoms with van der Waals surface area (Å²) in [5.74, 6) is 0. The van der Waals surface area contributed by atoms with Crippen LogP contribution in [0.4, 0.5) is 8.78 Å². The Morgan fingerprint density at radius 3 is 2.55 bits per heavy atom. The van der Waals surface area contributed by atoms with Gasteiger partial charge >= 0.3 is 12.2 Å². The summed E-state index contributed by atoms with van der Waals surface area (Å²) in [5, 5.41) is 0. The summed E-state index contributed by atoms with van der Waals surface area (Å²) in [6, 6.07) is 0.855. The minimum atomic E-state index is -2.92. The van der Waals surface area contributed by atoms with Gasteiger partial charge in [0.15, 0.2) is 0 Å². The van der Waals surface area contributed by atoms with E-state index in [1.165, 1.54) is 0 Å². The number of halogens is 2. The van der Waals surface area contributed by atoms with E-state index in [1.807, 2.05) is 0 Å². The summed E-state index contributed by atoms with van der Waals surface area (Å²) in [4.78, 5) is 22.6. The zero-order valence-corrected chi connectivity index (χ0v) is 5.25. The van der Waals surface area contributed by atoms with Crippen molar-refractivity contribution in [2.75, 3.05) is 0 Å². The fourth-order valence-electron chi connectivity index (χ4n) is 0.581. The molecule has 0 saturated heterocycles. The molecule has 0 spiro atoms. The average molecular weight is 162 g/mol. The molecule has 0 aliphatic carbocycles. The summed E-state index contributed by atoms with van der Waals surface area (Å²) in [6.07, 6.45) is 0.742. The maximum atomic E-state index is 11.8. The van der Waals surface area contributed by atoms with E-state index >= 15 is 0 Å². The van der Waals surface area contributed by atoms with Gasteiger partial charge in [0, 0.05) is 12.3 Å². The molecule has 0 unspecified atom stereocenters. The largest absolute Gasteiger partial charge is 0.332 e. The molecule has 0 saturated carbocycles. The Labute approximate surface area is 59.1 Å². The van der Waals surface area contributed by atoms with Gasteiger partial charge in [-0.1, -0.05) is 0 Å². The van der Waals surface area contributed by atoms with Crippen LogP contribution in [0.15, 0.2) is 21.9 Å². The number of H-pyrrole nitrogens is 1. The quantitative estimate of drug-likeness (QED) is 0.628. The second-order valence-corrected chi connectivity index (χ2v) is 1.80. The highest BCUT2D eigenvalue weighted by molar-refractivity contribution is 4.82. The third kappa shape index (κ3) is 1.51. The van der Waals surface area contributed by atoms with E-state index in [-0.39, 0.29) is 4.57 Å². The molecule has 0 aliphatic rings. The van der Waals surface area contributed by atoms with Crippen molar-refractivity contribution in [3.05, 3.63) is 33.1 Å². The zero-order valence-electron chi connectivity index (χ0n) is 5.25. The van der Waals surface area contributed by atoms with Gasteiger partial charge < -0.3 is 0 Å². The summed E-state index contributed by atoms with van der Waals surface area (Å²) in [6.45, 7) is -2.92. The SMILES string of the molecule is O=c1ccn(C(F)F)c(=O)[nH]1. The fraction of sp³-hybridized carbons (Fsp3) is 0.200. The first kappa shape index (κ1) is 7.64. The lowest BCUT2D eigenvalue weighted by Gasteiger charge is -1.99. The monoisotopic (exact) mass is 162 g/mol. The molecule has 0 atom stereocenters. The van der Waals surface area contributed by atoms with Gasteiger partial charge in [-0.15, -0.1) is 0 Å². The van der Waals surface area contributed by atoms with Crippen molar-refractivity contribution in [2.24, 2.45) is 0 Å². The minimum Gasteiger partial charge on any atom is -0.274 e. The summed E-state index contributed by atoms with van der Waals surface area (Å²) < 4.78 is 23.7. The molecule has 0 amide bonds. The van der Waals surface area contributed by atoms with E-state index in [1.54, 1.807) is 4.98 Å². The Balaban J connectivity index is 3.32. The van der Waals surface area contributed by atoms with Crippen LogP contribution in [0, 0.1) is 0 Å². The van der Waals surface area contributed by atoms with Gasteiger partial charge in [0.1, 0.15) is 0 Å². The first-order valence-corrected chi connectivity index (χ1v) is 2.71. The molecule has 0 radical (unpaired) electrons. The minimum absolute atomic E-state index is 0.126. The molecule has 60 valence electrons. The van der Waals surface area contributed by atoms with Crippen LogP contribution < -0.4 is 11.2 Å². The Morgan fingerprint density at radius 2 is 2.09 bits per heavy atom. The fourth-order valence-corrected chi connectivity index (χ4v) is 0.581. The molecule has 1 aromatic heterocycles. The summed E-state index contributed by atoms with van der Waals surface area (Å²) in [7, 11) is 0. The van der Waals surface area contributed by atoms with Crippen molar-refractivity contribution in [3.8, 4) is 0 Å². The summed E-state index contributed by atoms with van der Waals surface area (Å²) in [5.41, 5.74) is -1.79. The first-order valence-electron chi connectivity index (χ1n) is 2.71. The van der Waals surface area contributed by atoms with Crippen LogP contribution in [0.1, 0.15) is 6.55 Å². The molecule has 1 aromatic rings. The highest BCUT2D eigenvalue weighted by atomic mass is 19.3. The first-order chi connectivity index (χ1) is 5.11. The normalized spacial score (nSPS) is 10.5. The van der Waals surface area contributed by atoms with E-state index < -0.39 is 17.8 Å². The molecular weight excluding hydrogens is 158 g/mol. The van der Waals surface area contributed by atoms with Crippen LogP contribution in [0.2, 0.25) is 0 Å². The number of rotatable bonds is 1. The Morgan fingerprint density at radius 1 is 1.45 bits per heavy atom. The lowest BCUT2D eigenvalue weighted by atomic mass is 10.6. The van der Waals surface area contributed by atoms with Crippen molar-refractivity contribution >= 4 is 0 Å². The standard InChI is InChI=1S/C5H4F2N2O2/c6-4(7)9-2-1-3(10)8-5(9)11/h1-2,4H,(H,8,10,11). The second kappa shape index (κ2) is 2.65. The zero-order chi connectivity index (χ0) is 8.43. The van der Waals surface area contributed by atoms with Crippen LogP contribution in [-0.2, 0) is 0 Å². The van der Waals surface area contributed by atoms with Gasteiger partial charge in [-0.25, -0.2) is 9.36 Å². The molecule has 0 aliphatic heterocycles. The van der Waals surface area contributed by atoms with Crippen LogP contribution in [0.25, 0.3) is 0 Å². The van der Waals surface area contributed by atoms with Gasteiger partial charge in [0.05, 0.1) is 0 Å². The lowest BCUT2D eigenvalue weighted by molar-refractivity contribution is 0.0646. The van der Waals surface area contributed by atoms with Crippen molar-refractivity contribution in [2.45, 2.75) is 6.55 Å². The summed E-state index contributed by atoms with van der Waals surface area (Å²) >= 11 is 0. The van der Waals surface area contributed by atoms with Crippen molar-refractivity contribution in [1.29, 1.82) is 0 Å². The van der Waals surface area contributed by atoms with Gasteiger partial charge in [-0.2, -0.15) is 8.78 Å². The number of hydrogen-bond donors (Lipinski definition) is 1. The molecule has 0 bridgehead atoms. The number of nitrogens with one attached hydrogen (secondary N) is 1. The predicted octanol–water partition coefficient (Wildman–Crippen LogP) is -0.0683. The molecular formula is C5H4F2N2O2. The maximum absolute atomic E-state index is 11.8. The number of nitrogens with zero attached hydrogens (tertiary/aromatic N) is 1. The Kier molecular flexibility index (Phi) is 1.84. The average Bonchev–Trinajstić information content (AvgIpc) is 1.85. The van der Waals surface area contributed by atoms with Gasteiger partial charge in [0.2, 0.25) is 0 Å². The molecule has 1 N–H and O–H groups in total. The van der Waals surface area contributed by atoms with Crippen LogP contribution in [0.5, 0.6) is 0 Å². The van der Waals surface area contributed by atoms with Crippen LogP contribution >= 0.6 is 0 Å². The van der Waals surface area contributed by atoms with E-state index in [4.69, 9.17) is 0 Å². The van der Waals surface area contributed by atoms with E-state index in [0.29, 0.717) is 0 Å². The van der Waals surface area contributed by atoms with Gasteiger partial charge in [-0.05, 0) is 0 Å². The van der Waals surface area contributed by atoms with Crippen molar-refractivity contribution in [1.82, 2.24) is 9.55 Å². The van der Waals surface area contributed by atoms with Crippen molar-refractivity contribution in [3.63, 3.8) is 0 Å². The molecule has 6 heteroatoms. The van der Waals surface area contributed by atoms with Crippen molar-refractivity contribution < 1.29 is 8.78 Å². The number of alkyl halides is 2. The third-order valence-corrected chi connectivity index (χ3v) is 1.06. The highest BCUT2D eigenvalue weighted by Crippen LogP contribution is 2.02. The Hall–Kier alpha value is -1.46. The molecule has 1 heterocycles. The maximum Gasteiger partial charge on any atom is 0.332 e. The molecule has 0 aromatic carbocycles. The topological polar surface area (TPSA) is 54.9 Å². The van der Waals surface area contributed by atoms with E-state index in [9.17, 15) is 18.4 Å². The van der Waals surface area contributed by atoms with Crippen LogP contribution in [-0.4, -0.2) is 9.55 Å².